The van der Waals surface area contributed by atoms with E-state index >= 15 is 0 Å². The largest absolute Gasteiger partial charge is 0.339 e. The fourth-order valence-electron chi connectivity index (χ4n) is 2.77. The lowest BCUT2D eigenvalue weighted by molar-refractivity contribution is -0.131. The van der Waals surface area contributed by atoms with Gasteiger partial charge in [-0.2, -0.15) is 0 Å². The predicted molar refractivity (Wildman–Crippen MR) is 73.1 cm³/mol. The molecule has 20 heavy (non-hydrogen) atoms. The van der Waals surface area contributed by atoms with Crippen LogP contribution in [-0.4, -0.2) is 29.9 Å². The zero-order valence-corrected chi connectivity index (χ0v) is 11.4. The van der Waals surface area contributed by atoms with Crippen molar-refractivity contribution >= 4 is 5.91 Å². The molecule has 1 unspecified atom stereocenters. The number of nitrogens with zero attached hydrogens (tertiary/aromatic N) is 1. The maximum atomic E-state index is 13.6. The number of hydrogen-bond donors (Lipinski definition) is 1. The van der Waals surface area contributed by atoms with E-state index in [1.165, 1.54) is 18.2 Å². The third-order valence-electron chi connectivity index (χ3n) is 3.83. The van der Waals surface area contributed by atoms with Crippen LogP contribution in [0.5, 0.6) is 0 Å². The summed E-state index contributed by atoms with van der Waals surface area (Å²) < 4.78 is 27.1. The Kier molecular flexibility index (Phi) is 5.06. The summed E-state index contributed by atoms with van der Waals surface area (Å²) in [5.41, 5.74) is 5.35. The summed E-state index contributed by atoms with van der Waals surface area (Å²) in [5.74, 6) is -1.51. The minimum Gasteiger partial charge on any atom is -0.339 e. The van der Waals surface area contributed by atoms with Crippen LogP contribution in [0.2, 0.25) is 0 Å². The molecular weight excluding hydrogens is 262 g/mol. The third-order valence-corrected chi connectivity index (χ3v) is 3.83. The highest BCUT2D eigenvalue weighted by Crippen LogP contribution is 2.23. The fourth-order valence-corrected chi connectivity index (χ4v) is 2.77. The van der Waals surface area contributed by atoms with Gasteiger partial charge in [-0.3, -0.25) is 4.79 Å². The van der Waals surface area contributed by atoms with E-state index in [1.807, 2.05) is 0 Å². The fraction of sp³-hybridized carbons (Fsp3) is 0.533. The number of amides is 1. The second-order valence-electron chi connectivity index (χ2n) is 5.19. The molecule has 0 spiro atoms. The maximum absolute atomic E-state index is 13.6. The lowest BCUT2D eigenvalue weighted by Gasteiger charge is -2.25. The van der Waals surface area contributed by atoms with Crippen LogP contribution in [-0.2, 0) is 11.2 Å². The van der Waals surface area contributed by atoms with Crippen LogP contribution >= 0.6 is 0 Å². The van der Waals surface area contributed by atoms with Gasteiger partial charge < -0.3 is 10.6 Å². The van der Waals surface area contributed by atoms with Gasteiger partial charge in [-0.1, -0.05) is 6.07 Å². The van der Waals surface area contributed by atoms with Crippen molar-refractivity contribution in [2.24, 2.45) is 5.73 Å². The SMILES string of the molecule is NCCCC1CCCN1C(=O)Cc1c(F)cccc1F. The highest BCUT2D eigenvalue weighted by molar-refractivity contribution is 5.79. The van der Waals surface area contributed by atoms with Gasteiger partial charge in [0.2, 0.25) is 5.91 Å². The van der Waals surface area contributed by atoms with Crippen LogP contribution in [0.25, 0.3) is 0 Å². The molecule has 0 bridgehead atoms. The summed E-state index contributed by atoms with van der Waals surface area (Å²) in [6.07, 6.45) is 3.41. The topological polar surface area (TPSA) is 46.3 Å². The van der Waals surface area contributed by atoms with Crippen LogP contribution in [0.15, 0.2) is 18.2 Å². The smallest absolute Gasteiger partial charge is 0.227 e. The predicted octanol–water partition coefficient (Wildman–Crippen LogP) is 2.24. The lowest BCUT2D eigenvalue weighted by atomic mass is 10.1. The Morgan fingerprint density at radius 2 is 2.05 bits per heavy atom. The number of benzene rings is 1. The third kappa shape index (κ3) is 3.33. The van der Waals surface area contributed by atoms with Crippen molar-refractivity contribution in [1.82, 2.24) is 4.90 Å². The van der Waals surface area contributed by atoms with Gasteiger partial charge in [0.05, 0.1) is 6.42 Å². The molecule has 1 aromatic carbocycles. The van der Waals surface area contributed by atoms with E-state index in [9.17, 15) is 13.6 Å². The summed E-state index contributed by atoms with van der Waals surface area (Å²) >= 11 is 0. The molecular formula is C15H20F2N2O. The van der Waals surface area contributed by atoms with E-state index < -0.39 is 11.6 Å². The summed E-state index contributed by atoms with van der Waals surface area (Å²) in [6.45, 7) is 1.27. The van der Waals surface area contributed by atoms with E-state index in [4.69, 9.17) is 5.73 Å². The average Bonchev–Trinajstić information content (AvgIpc) is 2.89. The zero-order valence-electron chi connectivity index (χ0n) is 11.4. The Balaban J connectivity index is 2.04. The number of likely N-dealkylation sites (tertiary alicyclic amines) is 1. The van der Waals surface area contributed by atoms with Crippen molar-refractivity contribution in [3.63, 3.8) is 0 Å². The Hall–Kier alpha value is -1.49. The molecule has 1 heterocycles. The van der Waals surface area contributed by atoms with Crippen molar-refractivity contribution in [1.29, 1.82) is 0 Å². The van der Waals surface area contributed by atoms with Gasteiger partial charge in [-0.15, -0.1) is 0 Å². The van der Waals surface area contributed by atoms with Crippen LogP contribution < -0.4 is 5.73 Å². The molecule has 0 aromatic heterocycles. The van der Waals surface area contributed by atoms with Crippen molar-refractivity contribution in [3.05, 3.63) is 35.4 Å². The van der Waals surface area contributed by atoms with Gasteiger partial charge in [0.15, 0.2) is 0 Å². The van der Waals surface area contributed by atoms with E-state index in [1.54, 1.807) is 4.90 Å². The van der Waals surface area contributed by atoms with E-state index in [2.05, 4.69) is 0 Å². The highest BCUT2D eigenvalue weighted by atomic mass is 19.1. The number of carbonyl (C=O) groups excluding carboxylic acids is 1. The molecule has 0 radical (unpaired) electrons. The molecule has 1 atom stereocenters. The summed E-state index contributed by atoms with van der Waals surface area (Å²) in [7, 11) is 0. The molecule has 5 heteroatoms. The standard InChI is InChI=1S/C15H20F2N2O/c16-13-6-1-7-14(17)12(13)10-15(20)19-9-3-5-11(19)4-2-8-18/h1,6-7,11H,2-5,8-10,18H2. The molecule has 1 aromatic rings. The highest BCUT2D eigenvalue weighted by Gasteiger charge is 2.29. The number of rotatable bonds is 5. The number of carbonyl (C=O) groups is 1. The number of halogens is 2. The van der Waals surface area contributed by atoms with Crippen LogP contribution in [0.4, 0.5) is 8.78 Å². The summed E-state index contributed by atoms with van der Waals surface area (Å²) in [5, 5.41) is 0. The number of hydrogen-bond acceptors (Lipinski definition) is 2. The lowest BCUT2D eigenvalue weighted by Crippen LogP contribution is -2.37. The van der Waals surface area contributed by atoms with Gasteiger partial charge in [0, 0.05) is 18.2 Å². The quantitative estimate of drug-likeness (QED) is 0.900. The average molecular weight is 282 g/mol. The Morgan fingerprint density at radius 1 is 1.35 bits per heavy atom. The van der Waals surface area contributed by atoms with Gasteiger partial charge in [0.25, 0.3) is 0 Å². The molecule has 3 nitrogen and oxygen atoms in total. The van der Waals surface area contributed by atoms with Gasteiger partial charge in [-0.05, 0) is 44.4 Å². The molecule has 1 aliphatic rings. The molecule has 2 rings (SSSR count). The van der Waals surface area contributed by atoms with E-state index in [-0.39, 0.29) is 23.9 Å². The Labute approximate surface area is 117 Å². The van der Waals surface area contributed by atoms with E-state index in [0.717, 1.165) is 25.7 Å². The van der Waals surface area contributed by atoms with Crippen LogP contribution in [0, 0.1) is 11.6 Å². The molecule has 1 amide bonds. The van der Waals surface area contributed by atoms with Crippen molar-refractivity contribution in [3.8, 4) is 0 Å². The van der Waals surface area contributed by atoms with Gasteiger partial charge >= 0.3 is 0 Å². The minimum atomic E-state index is -0.656. The summed E-state index contributed by atoms with van der Waals surface area (Å²) in [4.78, 5) is 14.0. The molecule has 2 N–H and O–H groups in total. The molecule has 110 valence electrons. The first-order valence-corrected chi connectivity index (χ1v) is 7.06. The first kappa shape index (κ1) is 14.9. The minimum absolute atomic E-state index is 0.137. The molecule has 1 saturated heterocycles. The zero-order chi connectivity index (χ0) is 14.5. The van der Waals surface area contributed by atoms with Gasteiger partial charge in [-0.25, -0.2) is 8.78 Å². The second kappa shape index (κ2) is 6.79. The Bertz CT molecular complexity index is 459. The first-order chi connectivity index (χ1) is 9.63. The monoisotopic (exact) mass is 282 g/mol. The molecule has 1 aliphatic heterocycles. The summed E-state index contributed by atoms with van der Waals surface area (Å²) in [6, 6.07) is 3.84. The normalized spacial score (nSPS) is 18.6. The first-order valence-electron chi connectivity index (χ1n) is 7.06. The van der Waals surface area contributed by atoms with Crippen LogP contribution in [0.3, 0.4) is 0 Å². The molecule has 1 fully saturated rings. The van der Waals surface area contributed by atoms with Crippen molar-refractivity contribution in [2.45, 2.75) is 38.1 Å². The van der Waals surface area contributed by atoms with Gasteiger partial charge in [0.1, 0.15) is 11.6 Å². The Morgan fingerprint density at radius 3 is 2.70 bits per heavy atom. The van der Waals surface area contributed by atoms with E-state index in [0.29, 0.717) is 13.1 Å². The second-order valence-corrected chi connectivity index (χ2v) is 5.19. The van der Waals surface area contributed by atoms with Crippen molar-refractivity contribution < 1.29 is 13.6 Å². The van der Waals surface area contributed by atoms with Crippen LogP contribution in [0.1, 0.15) is 31.2 Å². The maximum Gasteiger partial charge on any atom is 0.227 e. The number of nitrogens with two attached hydrogens (primary N) is 1. The molecule has 0 saturated carbocycles. The van der Waals surface area contributed by atoms with Crippen molar-refractivity contribution in [2.75, 3.05) is 13.1 Å². The molecule has 0 aliphatic carbocycles.